The molecule has 0 spiro atoms. The monoisotopic (exact) mass is 229 g/mol. The van der Waals surface area contributed by atoms with Gasteiger partial charge in [-0.05, 0) is 38.1 Å². The lowest BCUT2D eigenvalue weighted by Crippen LogP contribution is -2.24. The summed E-state index contributed by atoms with van der Waals surface area (Å²) in [4.78, 5) is 7.00. The zero-order chi connectivity index (χ0) is 11.5. The van der Waals surface area contributed by atoms with Crippen molar-refractivity contribution in [2.75, 3.05) is 13.1 Å². The van der Waals surface area contributed by atoms with Crippen LogP contribution in [0.2, 0.25) is 0 Å². The molecule has 0 saturated carbocycles. The molecule has 0 aliphatic carbocycles. The summed E-state index contributed by atoms with van der Waals surface area (Å²) in [6.45, 7) is 3.51. The van der Waals surface area contributed by atoms with E-state index in [2.05, 4.69) is 32.6 Å². The van der Waals surface area contributed by atoms with Crippen molar-refractivity contribution in [3.8, 4) is 0 Å². The normalized spacial score (nSPS) is 18.4. The van der Waals surface area contributed by atoms with E-state index in [-0.39, 0.29) is 0 Å². The Labute approximate surface area is 102 Å². The number of pyridine rings is 1. The van der Waals surface area contributed by atoms with Crippen molar-refractivity contribution in [3.63, 3.8) is 0 Å². The SMILES string of the molecule is c1ccn2c(CN3CCCCCC3)cnc2c1. The maximum absolute atomic E-state index is 4.44. The predicted molar refractivity (Wildman–Crippen MR) is 68.9 cm³/mol. The Hall–Kier alpha value is -1.35. The van der Waals surface area contributed by atoms with Crippen LogP contribution in [0, 0.1) is 0 Å². The third kappa shape index (κ3) is 2.34. The van der Waals surface area contributed by atoms with Gasteiger partial charge in [-0.15, -0.1) is 0 Å². The molecule has 90 valence electrons. The predicted octanol–water partition coefficient (Wildman–Crippen LogP) is 2.71. The van der Waals surface area contributed by atoms with Gasteiger partial charge in [-0.3, -0.25) is 4.90 Å². The van der Waals surface area contributed by atoms with E-state index in [0.717, 1.165) is 12.2 Å². The summed E-state index contributed by atoms with van der Waals surface area (Å²) < 4.78 is 2.20. The van der Waals surface area contributed by atoms with E-state index in [1.165, 1.54) is 44.5 Å². The molecule has 1 aliphatic rings. The van der Waals surface area contributed by atoms with Gasteiger partial charge in [0, 0.05) is 12.7 Å². The van der Waals surface area contributed by atoms with Crippen LogP contribution in [0.25, 0.3) is 5.65 Å². The molecular formula is C14H19N3. The summed E-state index contributed by atoms with van der Waals surface area (Å²) in [6.07, 6.45) is 9.59. The van der Waals surface area contributed by atoms with Gasteiger partial charge in [-0.2, -0.15) is 0 Å². The first kappa shape index (κ1) is 10.8. The third-order valence-corrected chi connectivity index (χ3v) is 3.58. The van der Waals surface area contributed by atoms with Crippen LogP contribution in [0.1, 0.15) is 31.4 Å². The fourth-order valence-corrected chi connectivity index (χ4v) is 2.63. The average Bonchev–Trinajstić information content (AvgIpc) is 2.59. The van der Waals surface area contributed by atoms with Crippen LogP contribution in [0.15, 0.2) is 30.6 Å². The molecular weight excluding hydrogens is 210 g/mol. The molecule has 3 heteroatoms. The zero-order valence-corrected chi connectivity index (χ0v) is 10.2. The zero-order valence-electron chi connectivity index (χ0n) is 10.2. The number of hydrogen-bond acceptors (Lipinski definition) is 2. The van der Waals surface area contributed by atoms with Crippen molar-refractivity contribution in [1.82, 2.24) is 14.3 Å². The van der Waals surface area contributed by atoms with Crippen molar-refractivity contribution >= 4 is 5.65 Å². The molecule has 0 amide bonds. The molecule has 0 unspecified atom stereocenters. The second-order valence-electron chi connectivity index (χ2n) is 4.87. The van der Waals surface area contributed by atoms with Crippen molar-refractivity contribution in [2.45, 2.75) is 32.2 Å². The Kier molecular flexibility index (Phi) is 3.10. The quantitative estimate of drug-likeness (QED) is 0.789. The van der Waals surface area contributed by atoms with Crippen molar-refractivity contribution in [2.24, 2.45) is 0 Å². The Morgan fingerprint density at radius 2 is 1.88 bits per heavy atom. The minimum Gasteiger partial charge on any atom is -0.303 e. The molecule has 17 heavy (non-hydrogen) atoms. The lowest BCUT2D eigenvalue weighted by molar-refractivity contribution is 0.273. The number of likely N-dealkylation sites (tertiary alicyclic amines) is 1. The molecule has 3 rings (SSSR count). The van der Waals surface area contributed by atoms with Crippen LogP contribution in [-0.4, -0.2) is 27.4 Å². The first-order chi connectivity index (χ1) is 8.43. The largest absolute Gasteiger partial charge is 0.303 e. The minimum atomic E-state index is 1.03. The fourth-order valence-electron chi connectivity index (χ4n) is 2.63. The second-order valence-corrected chi connectivity index (χ2v) is 4.87. The number of fused-ring (bicyclic) bond motifs is 1. The summed E-state index contributed by atoms with van der Waals surface area (Å²) >= 11 is 0. The van der Waals surface area contributed by atoms with Crippen LogP contribution in [0.3, 0.4) is 0 Å². The number of imidazole rings is 1. The van der Waals surface area contributed by atoms with Crippen LogP contribution in [0.4, 0.5) is 0 Å². The van der Waals surface area contributed by atoms with E-state index in [1.54, 1.807) is 0 Å². The molecule has 2 aromatic rings. The molecule has 0 atom stereocenters. The molecule has 0 aromatic carbocycles. The highest BCUT2D eigenvalue weighted by Gasteiger charge is 2.11. The highest BCUT2D eigenvalue weighted by Crippen LogP contribution is 2.14. The minimum absolute atomic E-state index is 1.03. The lowest BCUT2D eigenvalue weighted by atomic mass is 10.2. The van der Waals surface area contributed by atoms with Gasteiger partial charge in [-0.25, -0.2) is 4.98 Å². The van der Waals surface area contributed by atoms with Crippen molar-refractivity contribution in [3.05, 3.63) is 36.3 Å². The van der Waals surface area contributed by atoms with E-state index in [1.807, 2.05) is 12.3 Å². The van der Waals surface area contributed by atoms with Crippen LogP contribution < -0.4 is 0 Å². The maximum atomic E-state index is 4.44. The van der Waals surface area contributed by atoms with Gasteiger partial charge in [-0.1, -0.05) is 18.9 Å². The van der Waals surface area contributed by atoms with Gasteiger partial charge >= 0.3 is 0 Å². The highest BCUT2D eigenvalue weighted by molar-refractivity contribution is 5.39. The molecule has 3 heterocycles. The molecule has 0 bridgehead atoms. The lowest BCUT2D eigenvalue weighted by Gasteiger charge is -2.19. The van der Waals surface area contributed by atoms with Crippen LogP contribution in [0.5, 0.6) is 0 Å². The molecule has 1 saturated heterocycles. The smallest absolute Gasteiger partial charge is 0.136 e. The van der Waals surface area contributed by atoms with E-state index in [9.17, 15) is 0 Å². The Balaban J connectivity index is 1.79. The summed E-state index contributed by atoms with van der Waals surface area (Å²) in [5.41, 5.74) is 2.36. The number of rotatable bonds is 2. The Morgan fingerprint density at radius 3 is 2.71 bits per heavy atom. The summed E-state index contributed by atoms with van der Waals surface area (Å²) in [5, 5.41) is 0. The van der Waals surface area contributed by atoms with Crippen LogP contribution in [-0.2, 0) is 6.54 Å². The Morgan fingerprint density at radius 1 is 1.06 bits per heavy atom. The topological polar surface area (TPSA) is 20.5 Å². The maximum Gasteiger partial charge on any atom is 0.136 e. The van der Waals surface area contributed by atoms with Crippen LogP contribution >= 0.6 is 0 Å². The Bertz CT molecular complexity index is 481. The van der Waals surface area contributed by atoms with Gasteiger partial charge in [0.2, 0.25) is 0 Å². The average molecular weight is 229 g/mol. The van der Waals surface area contributed by atoms with Gasteiger partial charge in [0.1, 0.15) is 5.65 Å². The number of aromatic nitrogens is 2. The molecule has 0 N–H and O–H groups in total. The standard InChI is InChI=1S/C14H19N3/c1-2-5-9-16(8-4-1)12-13-11-15-14-7-3-6-10-17(13)14/h3,6-7,10-11H,1-2,4-5,8-9,12H2. The van der Waals surface area contributed by atoms with Gasteiger partial charge in [0.15, 0.2) is 0 Å². The molecule has 3 nitrogen and oxygen atoms in total. The van der Waals surface area contributed by atoms with Gasteiger partial charge in [0.05, 0.1) is 11.9 Å². The molecule has 1 fully saturated rings. The van der Waals surface area contributed by atoms with E-state index in [0.29, 0.717) is 0 Å². The first-order valence-electron chi connectivity index (χ1n) is 6.57. The summed E-state index contributed by atoms with van der Waals surface area (Å²) in [5.74, 6) is 0. The van der Waals surface area contributed by atoms with Gasteiger partial charge < -0.3 is 4.40 Å². The number of nitrogens with zero attached hydrogens (tertiary/aromatic N) is 3. The highest BCUT2D eigenvalue weighted by atomic mass is 15.1. The fraction of sp³-hybridized carbons (Fsp3) is 0.500. The number of hydrogen-bond donors (Lipinski definition) is 0. The second kappa shape index (κ2) is 4.88. The molecule has 1 aliphatic heterocycles. The third-order valence-electron chi connectivity index (χ3n) is 3.58. The first-order valence-corrected chi connectivity index (χ1v) is 6.57. The van der Waals surface area contributed by atoms with E-state index >= 15 is 0 Å². The van der Waals surface area contributed by atoms with Gasteiger partial charge in [0.25, 0.3) is 0 Å². The summed E-state index contributed by atoms with van der Waals surface area (Å²) in [6, 6.07) is 6.17. The molecule has 0 radical (unpaired) electrons. The van der Waals surface area contributed by atoms with Crippen molar-refractivity contribution < 1.29 is 0 Å². The molecule has 2 aromatic heterocycles. The van der Waals surface area contributed by atoms with Crippen molar-refractivity contribution in [1.29, 1.82) is 0 Å². The summed E-state index contributed by atoms with van der Waals surface area (Å²) in [7, 11) is 0. The van der Waals surface area contributed by atoms with E-state index in [4.69, 9.17) is 0 Å². The van der Waals surface area contributed by atoms with E-state index < -0.39 is 0 Å².